The van der Waals surface area contributed by atoms with E-state index in [2.05, 4.69) is 22.4 Å². The molecule has 8 nitrogen and oxygen atoms in total. The van der Waals surface area contributed by atoms with Crippen LogP contribution in [0.5, 0.6) is 0 Å². The van der Waals surface area contributed by atoms with Crippen molar-refractivity contribution < 1.29 is 14.4 Å². The summed E-state index contributed by atoms with van der Waals surface area (Å²) < 4.78 is 2.00. The Labute approximate surface area is 201 Å². The highest BCUT2D eigenvalue weighted by Crippen LogP contribution is 2.34. The van der Waals surface area contributed by atoms with Gasteiger partial charge in [0.2, 0.25) is 11.8 Å². The number of carbonyl (C=O) groups excluding carboxylic acids is 3. The SMILES string of the molecule is O=C(NCCN1C(=O)CN(CCCc2ccccc2)CC1=O)C1=Cc2cnc3cccc(n23)S1. The van der Waals surface area contributed by atoms with Crippen LogP contribution in [0.25, 0.3) is 11.7 Å². The number of amides is 3. The van der Waals surface area contributed by atoms with Gasteiger partial charge < -0.3 is 5.32 Å². The fourth-order valence-electron chi connectivity index (χ4n) is 4.27. The summed E-state index contributed by atoms with van der Waals surface area (Å²) in [5.74, 6) is -0.659. The third kappa shape index (κ3) is 4.76. The standard InChI is InChI=1S/C25H25N5O3S/c31-22-16-28(12-5-8-18-6-2-1-3-7-18)17-23(32)29(22)13-11-26-25(33)20-14-19-15-27-21-9-4-10-24(34-20)30(19)21/h1-4,6-7,9-10,14-15H,5,8,11-13,16-17H2,(H,26,33). The minimum atomic E-state index is -0.228. The van der Waals surface area contributed by atoms with Gasteiger partial charge in [0.05, 0.1) is 34.9 Å². The number of rotatable bonds is 8. The number of imidazole rings is 1. The average Bonchev–Trinajstić information content (AvgIpc) is 3.26. The number of pyridine rings is 1. The van der Waals surface area contributed by atoms with E-state index in [0.717, 1.165) is 29.2 Å². The molecule has 34 heavy (non-hydrogen) atoms. The minimum absolute atomic E-state index is 0.173. The van der Waals surface area contributed by atoms with Crippen molar-refractivity contribution in [2.75, 3.05) is 32.7 Å². The molecule has 1 aromatic carbocycles. The highest BCUT2D eigenvalue weighted by Gasteiger charge is 2.30. The van der Waals surface area contributed by atoms with Crippen LogP contribution in [-0.4, -0.2) is 69.6 Å². The highest BCUT2D eigenvalue weighted by molar-refractivity contribution is 8.04. The summed E-state index contributed by atoms with van der Waals surface area (Å²) in [6.45, 7) is 1.54. The monoisotopic (exact) mass is 475 g/mol. The molecule has 174 valence electrons. The van der Waals surface area contributed by atoms with Crippen LogP contribution in [-0.2, 0) is 20.8 Å². The Morgan fingerprint density at radius 3 is 2.59 bits per heavy atom. The molecule has 0 bridgehead atoms. The number of nitrogens with one attached hydrogen (secondary N) is 1. The van der Waals surface area contributed by atoms with Crippen LogP contribution in [0.15, 0.2) is 64.7 Å². The first kappa shape index (κ1) is 22.4. The van der Waals surface area contributed by atoms with E-state index in [1.54, 1.807) is 12.3 Å². The van der Waals surface area contributed by atoms with E-state index in [1.807, 2.05) is 45.7 Å². The van der Waals surface area contributed by atoms with E-state index >= 15 is 0 Å². The molecule has 2 aliphatic rings. The molecule has 0 atom stereocenters. The van der Waals surface area contributed by atoms with Crippen LogP contribution >= 0.6 is 11.8 Å². The van der Waals surface area contributed by atoms with E-state index in [1.165, 1.54) is 22.2 Å². The molecule has 1 saturated heterocycles. The van der Waals surface area contributed by atoms with Crippen molar-refractivity contribution in [2.24, 2.45) is 0 Å². The number of hydrogen-bond acceptors (Lipinski definition) is 6. The molecule has 0 saturated carbocycles. The number of imide groups is 1. The van der Waals surface area contributed by atoms with E-state index in [4.69, 9.17) is 0 Å². The first-order valence-corrected chi connectivity index (χ1v) is 12.1. The molecule has 2 aliphatic heterocycles. The lowest BCUT2D eigenvalue weighted by Gasteiger charge is -2.32. The first-order chi connectivity index (χ1) is 16.6. The van der Waals surface area contributed by atoms with Gasteiger partial charge in [-0.3, -0.25) is 28.6 Å². The zero-order valence-electron chi connectivity index (χ0n) is 18.6. The van der Waals surface area contributed by atoms with Crippen molar-refractivity contribution >= 4 is 41.2 Å². The number of carbonyl (C=O) groups is 3. The van der Waals surface area contributed by atoms with Crippen molar-refractivity contribution in [1.82, 2.24) is 24.5 Å². The molecule has 9 heteroatoms. The zero-order valence-corrected chi connectivity index (χ0v) is 19.5. The smallest absolute Gasteiger partial charge is 0.258 e. The molecule has 0 aliphatic carbocycles. The molecular weight excluding hydrogens is 450 g/mol. The summed E-state index contributed by atoms with van der Waals surface area (Å²) in [5.41, 5.74) is 2.94. The number of piperazine rings is 1. The number of hydrogen-bond donors (Lipinski definition) is 1. The average molecular weight is 476 g/mol. The summed E-state index contributed by atoms with van der Waals surface area (Å²) in [6.07, 6.45) is 5.35. The second kappa shape index (κ2) is 9.82. The molecule has 0 unspecified atom stereocenters. The van der Waals surface area contributed by atoms with E-state index in [-0.39, 0.29) is 43.9 Å². The van der Waals surface area contributed by atoms with Gasteiger partial charge in [-0.15, -0.1) is 0 Å². The molecule has 3 amide bonds. The summed E-state index contributed by atoms with van der Waals surface area (Å²) in [7, 11) is 0. The van der Waals surface area contributed by atoms with Gasteiger partial charge in [0.15, 0.2) is 0 Å². The molecule has 1 fully saturated rings. The van der Waals surface area contributed by atoms with Crippen molar-refractivity contribution in [3.63, 3.8) is 0 Å². The number of nitrogens with zero attached hydrogens (tertiary/aromatic N) is 4. The van der Waals surface area contributed by atoms with Crippen LogP contribution in [0, 0.1) is 0 Å². The van der Waals surface area contributed by atoms with Crippen molar-refractivity contribution in [1.29, 1.82) is 0 Å². The maximum atomic E-state index is 12.7. The second-order valence-corrected chi connectivity index (χ2v) is 9.41. The first-order valence-electron chi connectivity index (χ1n) is 11.3. The maximum Gasteiger partial charge on any atom is 0.258 e. The minimum Gasteiger partial charge on any atom is -0.350 e. The Bertz CT molecular complexity index is 1250. The fourth-order valence-corrected chi connectivity index (χ4v) is 5.28. The second-order valence-electron chi connectivity index (χ2n) is 8.35. The quantitative estimate of drug-likeness (QED) is 0.503. The zero-order chi connectivity index (χ0) is 23.5. The molecule has 1 N–H and O–H groups in total. The van der Waals surface area contributed by atoms with Crippen molar-refractivity contribution in [3.8, 4) is 0 Å². The van der Waals surface area contributed by atoms with Crippen molar-refractivity contribution in [2.45, 2.75) is 17.9 Å². The summed E-state index contributed by atoms with van der Waals surface area (Å²) >= 11 is 1.37. The lowest BCUT2D eigenvalue weighted by molar-refractivity contribution is -0.151. The number of thioether (sulfide) groups is 1. The Kier molecular flexibility index (Phi) is 6.46. The van der Waals surface area contributed by atoms with Gasteiger partial charge in [-0.2, -0.15) is 0 Å². The van der Waals surface area contributed by atoms with Crippen LogP contribution in [0.4, 0.5) is 0 Å². The fraction of sp³-hybridized carbons (Fsp3) is 0.280. The van der Waals surface area contributed by atoms with Gasteiger partial charge in [0.1, 0.15) is 5.65 Å². The van der Waals surface area contributed by atoms with Gasteiger partial charge >= 0.3 is 0 Å². The third-order valence-electron chi connectivity index (χ3n) is 5.96. The van der Waals surface area contributed by atoms with Gasteiger partial charge in [-0.05, 0) is 43.2 Å². The molecule has 4 heterocycles. The maximum absolute atomic E-state index is 12.7. The normalized spacial score (nSPS) is 16.1. The Hall–Kier alpha value is -3.43. The van der Waals surface area contributed by atoms with E-state index in [0.29, 0.717) is 11.4 Å². The summed E-state index contributed by atoms with van der Waals surface area (Å²) in [4.78, 5) is 45.9. The molecule has 0 radical (unpaired) electrons. The van der Waals surface area contributed by atoms with Gasteiger partial charge in [0, 0.05) is 13.1 Å². The Morgan fingerprint density at radius 1 is 1.00 bits per heavy atom. The molecule has 0 spiro atoms. The van der Waals surface area contributed by atoms with Gasteiger partial charge in [-0.1, -0.05) is 48.2 Å². The van der Waals surface area contributed by atoms with Crippen LogP contribution in [0.1, 0.15) is 17.7 Å². The lowest BCUT2D eigenvalue weighted by atomic mass is 10.1. The van der Waals surface area contributed by atoms with Crippen LogP contribution in [0.2, 0.25) is 0 Å². The number of aryl methyl sites for hydroxylation is 1. The van der Waals surface area contributed by atoms with Crippen molar-refractivity contribution in [3.05, 3.63) is 70.9 Å². The topological polar surface area (TPSA) is 87.0 Å². The molecule has 5 rings (SSSR count). The van der Waals surface area contributed by atoms with Gasteiger partial charge in [0.25, 0.3) is 5.91 Å². The summed E-state index contributed by atoms with van der Waals surface area (Å²) in [6, 6.07) is 16.0. The molecule has 3 aromatic rings. The molecule has 2 aromatic heterocycles. The van der Waals surface area contributed by atoms with E-state index in [9.17, 15) is 14.4 Å². The highest BCUT2D eigenvalue weighted by atomic mass is 32.2. The third-order valence-corrected chi connectivity index (χ3v) is 7.01. The predicted octanol–water partition coefficient (Wildman–Crippen LogP) is 2.20. The van der Waals surface area contributed by atoms with Gasteiger partial charge in [-0.25, -0.2) is 4.98 Å². The Morgan fingerprint density at radius 2 is 1.79 bits per heavy atom. The molecular formula is C25H25N5O3S. The Balaban J connectivity index is 1.09. The lowest BCUT2D eigenvalue weighted by Crippen LogP contribution is -2.55. The number of benzene rings is 1. The van der Waals surface area contributed by atoms with Crippen LogP contribution in [0.3, 0.4) is 0 Å². The largest absolute Gasteiger partial charge is 0.350 e. The summed E-state index contributed by atoms with van der Waals surface area (Å²) in [5, 5.41) is 3.76. The number of aromatic nitrogens is 2. The van der Waals surface area contributed by atoms with E-state index < -0.39 is 0 Å². The predicted molar refractivity (Wildman–Crippen MR) is 130 cm³/mol. The van der Waals surface area contributed by atoms with Crippen LogP contribution < -0.4 is 5.32 Å².